The smallest absolute Gasteiger partial charge is 0.224 e. The number of carbonyl (C=O) groups excluding carboxylic acids is 1. The van der Waals surface area contributed by atoms with Gasteiger partial charge >= 0.3 is 0 Å². The van der Waals surface area contributed by atoms with Crippen LogP contribution in [0.4, 0.5) is 5.69 Å². The molecule has 1 aromatic rings. The monoisotopic (exact) mass is 238 g/mol. The van der Waals surface area contributed by atoms with Crippen LogP contribution in [0.15, 0.2) is 18.2 Å². The van der Waals surface area contributed by atoms with Gasteiger partial charge in [0.2, 0.25) is 5.91 Å². The third kappa shape index (κ3) is 3.96. The number of methoxy groups -OCH3 is 1. The van der Waals surface area contributed by atoms with Gasteiger partial charge in [-0.05, 0) is 24.6 Å². The van der Waals surface area contributed by atoms with E-state index in [0.717, 1.165) is 0 Å². The Morgan fingerprint density at radius 3 is 2.82 bits per heavy atom. The van der Waals surface area contributed by atoms with Gasteiger partial charge in [0, 0.05) is 18.2 Å². The molecule has 0 aromatic heterocycles. The van der Waals surface area contributed by atoms with E-state index in [-0.39, 0.29) is 17.6 Å². The molecule has 0 fully saturated rings. The average Bonchev–Trinajstić information content (AvgIpc) is 2.29. The fourth-order valence-electron chi connectivity index (χ4n) is 1.38. The number of anilines is 1. The van der Waals surface area contributed by atoms with Crippen molar-refractivity contribution in [3.8, 4) is 11.5 Å². The summed E-state index contributed by atoms with van der Waals surface area (Å²) in [5.41, 5.74) is 5.98. The third-order valence-electron chi connectivity index (χ3n) is 2.40. The van der Waals surface area contributed by atoms with E-state index in [1.807, 2.05) is 6.92 Å². The van der Waals surface area contributed by atoms with Gasteiger partial charge in [0.05, 0.1) is 7.11 Å². The number of phenols is 1. The van der Waals surface area contributed by atoms with Crippen molar-refractivity contribution < 1.29 is 14.6 Å². The van der Waals surface area contributed by atoms with Crippen molar-refractivity contribution in [2.75, 3.05) is 19.0 Å². The Balaban J connectivity index is 2.63. The van der Waals surface area contributed by atoms with Crippen LogP contribution in [0.25, 0.3) is 0 Å². The number of amides is 1. The number of phenolic OH excluding ortho intramolecular Hbond substituents is 1. The maximum absolute atomic E-state index is 11.6. The molecular weight excluding hydrogens is 220 g/mol. The molecule has 5 heteroatoms. The van der Waals surface area contributed by atoms with Crippen molar-refractivity contribution in [1.29, 1.82) is 0 Å². The molecule has 0 saturated carbocycles. The molecule has 1 amide bonds. The van der Waals surface area contributed by atoms with Crippen molar-refractivity contribution in [3.05, 3.63) is 18.2 Å². The first kappa shape index (κ1) is 13.3. The first-order valence-electron chi connectivity index (χ1n) is 5.43. The number of rotatable bonds is 5. The maximum atomic E-state index is 11.6. The summed E-state index contributed by atoms with van der Waals surface area (Å²) in [4.78, 5) is 11.6. The molecule has 1 rings (SSSR count). The van der Waals surface area contributed by atoms with E-state index >= 15 is 0 Å². The van der Waals surface area contributed by atoms with Crippen LogP contribution in [-0.4, -0.2) is 24.7 Å². The number of nitrogens with two attached hydrogens (primary N) is 1. The number of benzene rings is 1. The lowest BCUT2D eigenvalue weighted by Crippen LogP contribution is -2.20. The molecule has 4 N–H and O–H groups in total. The van der Waals surface area contributed by atoms with Gasteiger partial charge < -0.3 is 20.9 Å². The highest BCUT2D eigenvalue weighted by Gasteiger charge is 2.09. The van der Waals surface area contributed by atoms with Crippen molar-refractivity contribution in [3.63, 3.8) is 0 Å². The molecule has 0 bridgehead atoms. The summed E-state index contributed by atoms with van der Waals surface area (Å²) in [6, 6.07) is 4.71. The molecule has 0 aliphatic heterocycles. The zero-order valence-corrected chi connectivity index (χ0v) is 10.1. The van der Waals surface area contributed by atoms with Crippen molar-refractivity contribution in [2.24, 2.45) is 11.7 Å². The number of aromatic hydroxyl groups is 1. The Kier molecular flexibility index (Phi) is 4.78. The van der Waals surface area contributed by atoms with Crippen LogP contribution in [0.1, 0.15) is 13.3 Å². The molecule has 0 radical (unpaired) electrons. The summed E-state index contributed by atoms with van der Waals surface area (Å²) in [6.07, 6.45) is 0.364. The molecule has 94 valence electrons. The second-order valence-electron chi connectivity index (χ2n) is 3.98. The highest BCUT2D eigenvalue weighted by molar-refractivity contribution is 5.91. The Morgan fingerprint density at radius 1 is 1.59 bits per heavy atom. The van der Waals surface area contributed by atoms with E-state index in [9.17, 15) is 9.90 Å². The number of nitrogens with one attached hydrogen (secondary N) is 1. The van der Waals surface area contributed by atoms with Gasteiger partial charge in [0.15, 0.2) is 11.5 Å². The lowest BCUT2D eigenvalue weighted by molar-refractivity contribution is -0.116. The van der Waals surface area contributed by atoms with Crippen molar-refractivity contribution in [1.82, 2.24) is 0 Å². The maximum Gasteiger partial charge on any atom is 0.224 e. The van der Waals surface area contributed by atoms with Crippen LogP contribution in [0.2, 0.25) is 0 Å². The Hall–Kier alpha value is -1.75. The number of carbonyl (C=O) groups is 1. The average molecular weight is 238 g/mol. The minimum Gasteiger partial charge on any atom is -0.504 e. The van der Waals surface area contributed by atoms with Crippen molar-refractivity contribution >= 4 is 11.6 Å². The number of ether oxygens (including phenoxy) is 1. The molecule has 5 nitrogen and oxygen atoms in total. The van der Waals surface area contributed by atoms with E-state index in [2.05, 4.69) is 5.32 Å². The lowest BCUT2D eigenvalue weighted by atomic mass is 10.1. The highest BCUT2D eigenvalue weighted by atomic mass is 16.5. The van der Waals surface area contributed by atoms with Gasteiger partial charge in [-0.15, -0.1) is 0 Å². The second kappa shape index (κ2) is 6.10. The summed E-state index contributed by atoms with van der Waals surface area (Å²) in [5, 5.41) is 12.2. The summed E-state index contributed by atoms with van der Waals surface area (Å²) < 4.78 is 4.91. The third-order valence-corrected chi connectivity index (χ3v) is 2.40. The molecule has 1 aromatic carbocycles. The quantitative estimate of drug-likeness (QED) is 0.722. The van der Waals surface area contributed by atoms with E-state index in [1.165, 1.54) is 13.2 Å². The predicted octanol–water partition coefficient (Wildman–Crippen LogP) is 1.32. The van der Waals surface area contributed by atoms with Crippen LogP contribution in [-0.2, 0) is 4.79 Å². The number of hydrogen-bond donors (Lipinski definition) is 3. The van der Waals surface area contributed by atoms with Crippen LogP contribution in [0, 0.1) is 5.92 Å². The molecule has 1 atom stereocenters. The summed E-state index contributed by atoms with van der Waals surface area (Å²) in [5.74, 6) is 0.393. The largest absolute Gasteiger partial charge is 0.504 e. The van der Waals surface area contributed by atoms with Crippen LogP contribution < -0.4 is 15.8 Å². The SMILES string of the molecule is COc1ccc(NC(=O)CC(C)CN)cc1O. The standard InChI is InChI=1S/C12H18N2O3/c1-8(7-13)5-12(16)14-9-3-4-11(17-2)10(15)6-9/h3-4,6,8,15H,5,7,13H2,1-2H3,(H,14,16). The summed E-state index contributed by atoms with van der Waals surface area (Å²) in [7, 11) is 1.47. The lowest BCUT2D eigenvalue weighted by Gasteiger charge is -2.10. The van der Waals surface area contributed by atoms with Crippen LogP contribution in [0.5, 0.6) is 11.5 Å². The molecule has 0 aliphatic carbocycles. The van der Waals surface area contributed by atoms with E-state index in [0.29, 0.717) is 24.4 Å². The van der Waals surface area contributed by atoms with Gasteiger partial charge in [0.25, 0.3) is 0 Å². The fourth-order valence-corrected chi connectivity index (χ4v) is 1.38. The molecule has 1 unspecified atom stereocenters. The fraction of sp³-hybridized carbons (Fsp3) is 0.417. The Bertz CT molecular complexity index is 393. The summed E-state index contributed by atoms with van der Waals surface area (Å²) >= 11 is 0. The predicted molar refractivity (Wildman–Crippen MR) is 66.1 cm³/mol. The minimum atomic E-state index is -0.118. The van der Waals surface area contributed by atoms with E-state index in [1.54, 1.807) is 12.1 Å². The summed E-state index contributed by atoms with van der Waals surface area (Å²) in [6.45, 7) is 2.38. The zero-order chi connectivity index (χ0) is 12.8. The topological polar surface area (TPSA) is 84.6 Å². The van der Waals surface area contributed by atoms with Gasteiger partial charge in [-0.2, -0.15) is 0 Å². The highest BCUT2D eigenvalue weighted by Crippen LogP contribution is 2.28. The van der Waals surface area contributed by atoms with Gasteiger partial charge in [0.1, 0.15) is 0 Å². The van der Waals surface area contributed by atoms with E-state index < -0.39 is 0 Å². The molecule has 0 saturated heterocycles. The minimum absolute atomic E-state index is 0.00262. The molecule has 0 aliphatic rings. The van der Waals surface area contributed by atoms with Crippen LogP contribution >= 0.6 is 0 Å². The van der Waals surface area contributed by atoms with Gasteiger partial charge in [-0.1, -0.05) is 6.92 Å². The van der Waals surface area contributed by atoms with Gasteiger partial charge in [-0.3, -0.25) is 4.79 Å². The first-order chi connectivity index (χ1) is 8.06. The molecule has 0 spiro atoms. The second-order valence-corrected chi connectivity index (χ2v) is 3.98. The Labute approximate surface area is 101 Å². The van der Waals surface area contributed by atoms with Crippen molar-refractivity contribution in [2.45, 2.75) is 13.3 Å². The van der Waals surface area contributed by atoms with Gasteiger partial charge in [-0.25, -0.2) is 0 Å². The zero-order valence-electron chi connectivity index (χ0n) is 10.1. The van der Waals surface area contributed by atoms with Crippen LogP contribution in [0.3, 0.4) is 0 Å². The first-order valence-corrected chi connectivity index (χ1v) is 5.43. The Morgan fingerprint density at radius 2 is 2.29 bits per heavy atom. The van der Waals surface area contributed by atoms with E-state index in [4.69, 9.17) is 10.5 Å². The molecule has 17 heavy (non-hydrogen) atoms. The molecule has 0 heterocycles. The normalized spacial score (nSPS) is 11.9. The molecular formula is C12H18N2O3. The number of hydrogen-bond acceptors (Lipinski definition) is 4.